The lowest BCUT2D eigenvalue weighted by molar-refractivity contribution is -0.0510. The summed E-state index contributed by atoms with van der Waals surface area (Å²) in [6, 6.07) is 25.3. The number of halogens is 3. The minimum atomic E-state index is -5.84. The number of alkyl halides is 3. The van der Waals surface area contributed by atoms with Gasteiger partial charge in [0.25, 0.3) is 0 Å². The zero-order valence-electron chi connectivity index (χ0n) is 25.4. The van der Waals surface area contributed by atoms with E-state index in [-0.39, 0.29) is 27.7 Å². The van der Waals surface area contributed by atoms with Crippen LogP contribution in [0.25, 0.3) is 0 Å². The van der Waals surface area contributed by atoms with Crippen LogP contribution in [-0.4, -0.2) is 35.3 Å². The van der Waals surface area contributed by atoms with E-state index < -0.39 is 15.6 Å². The van der Waals surface area contributed by atoms with Crippen LogP contribution in [0.4, 0.5) is 13.2 Å². The second kappa shape index (κ2) is 13.2. The Labute approximate surface area is 250 Å². The molecule has 0 fully saturated rings. The maximum atomic E-state index is 10.7. The standard InChI is InChI=1S/C30H39O3S.CHF3O3S/c1-28(2,3)31-22-13-10-16-25(19-22)34(26-17-11-14-23(20-26)32-29(4,5)6)27-18-12-15-24(21-27)33-30(7,8)9;2-1(3,4)8(5,6)7/h10-21H,1-9H3;(H,5,6,7)/q+1;. The van der Waals surface area contributed by atoms with Crippen molar-refractivity contribution in [3.8, 4) is 17.2 Å². The first-order valence-electron chi connectivity index (χ1n) is 13.1. The van der Waals surface area contributed by atoms with Gasteiger partial charge in [0, 0.05) is 18.2 Å². The number of hydrogen-bond donors (Lipinski definition) is 1. The van der Waals surface area contributed by atoms with Crippen LogP contribution >= 0.6 is 0 Å². The van der Waals surface area contributed by atoms with Gasteiger partial charge in [-0.15, -0.1) is 0 Å². The van der Waals surface area contributed by atoms with E-state index in [4.69, 9.17) is 27.2 Å². The van der Waals surface area contributed by atoms with Crippen LogP contribution < -0.4 is 14.2 Å². The molecule has 232 valence electrons. The molecular formula is C31H40F3O6S2+. The van der Waals surface area contributed by atoms with Crippen LogP contribution in [0, 0.1) is 0 Å². The third kappa shape index (κ3) is 12.1. The van der Waals surface area contributed by atoms with Gasteiger partial charge < -0.3 is 14.2 Å². The Bertz CT molecular complexity index is 1290. The molecule has 0 unspecified atom stereocenters. The molecule has 0 aliphatic rings. The van der Waals surface area contributed by atoms with E-state index in [1.54, 1.807) is 0 Å². The molecule has 11 heteroatoms. The van der Waals surface area contributed by atoms with Crippen molar-refractivity contribution in [3.05, 3.63) is 72.8 Å². The van der Waals surface area contributed by atoms with Gasteiger partial charge in [-0.25, -0.2) is 0 Å². The van der Waals surface area contributed by atoms with Crippen molar-refractivity contribution < 1.29 is 40.4 Å². The van der Waals surface area contributed by atoms with Gasteiger partial charge in [-0.05, 0) is 98.7 Å². The molecule has 1 N–H and O–H groups in total. The van der Waals surface area contributed by atoms with Gasteiger partial charge in [0.2, 0.25) is 0 Å². The Kier molecular flexibility index (Phi) is 11.1. The summed E-state index contributed by atoms with van der Waals surface area (Å²) in [5.41, 5.74) is -6.33. The maximum Gasteiger partial charge on any atom is 0.522 e. The lowest BCUT2D eigenvalue weighted by Crippen LogP contribution is -2.23. The Hall–Kier alpha value is -2.89. The maximum absolute atomic E-state index is 10.7. The highest BCUT2D eigenvalue weighted by Gasteiger charge is 2.44. The van der Waals surface area contributed by atoms with E-state index in [0.717, 1.165) is 17.2 Å². The molecule has 0 bridgehead atoms. The number of ether oxygens (including phenoxy) is 3. The normalized spacial score (nSPS) is 12.8. The highest BCUT2D eigenvalue weighted by atomic mass is 32.2. The highest BCUT2D eigenvalue weighted by molar-refractivity contribution is 7.97. The lowest BCUT2D eigenvalue weighted by atomic mass is 10.2. The Morgan fingerprint density at radius 2 is 0.810 bits per heavy atom. The van der Waals surface area contributed by atoms with Crippen LogP contribution in [0.3, 0.4) is 0 Å². The third-order valence-corrected chi connectivity index (χ3v) is 7.45. The predicted molar refractivity (Wildman–Crippen MR) is 160 cm³/mol. The summed E-state index contributed by atoms with van der Waals surface area (Å²) in [5.74, 6) is 2.60. The molecule has 3 aromatic carbocycles. The summed E-state index contributed by atoms with van der Waals surface area (Å²) in [4.78, 5) is 3.55. The number of hydrogen-bond acceptors (Lipinski definition) is 5. The van der Waals surface area contributed by atoms with Crippen LogP contribution in [0.5, 0.6) is 17.2 Å². The van der Waals surface area contributed by atoms with Crippen LogP contribution in [-0.2, 0) is 21.0 Å². The summed E-state index contributed by atoms with van der Waals surface area (Å²) < 4.78 is 76.1. The van der Waals surface area contributed by atoms with Gasteiger partial charge >= 0.3 is 15.6 Å². The molecule has 0 saturated heterocycles. The van der Waals surface area contributed by atoms with Crippen LogP contribution in [0.15, 0.2) is 87.5 Å². The minimum absolute atomic E-state index is 0.266. The molecule has 3 aromatic rings. The van der Waals surface area contributed by atoms with Crippen molar-refractivity contribution >= 4 is 21.0 Å². The van der Waals surface area contributed by atoms with Gasteiger partial charge in [-0.2, -0.15) is 21.6 Å². The molecule has 0 atom stereocenters. The first-order valence-corrected chi connectivity index (χ1v) is 15.8. The Balaban J connectivity index is 0.000000675. The van der Waals surface area contributed by atoms with Crippen LogP contribution in [0.1, 0.15) is 62.3 Å². The quantitative estimate of drug-likeness (QED) is 0.167. The van der Waals surface area contributed by atoms with E-state index in [1.807, 2.05) is 18.2 Å². The van der Waals surface area contributed by atoms with Gasteiger partial charge in [0.1, 0.15) is 34.1 Å². The molecule has 0 saturated carbocycles. The highest BCUT2D eigenvalue weighted by Crippen LogP contribution is 2.37. The first kappa shape index (κ1) is 35.3. The van der Waals surface area contributed by atoms with Gasteiger partial charge in [0.15, 0.2) is 14.7 Å². The second-order valence-corrected chi connectivity index (χ2v) is 15.7. The topological polar surface area (TPSA) is 82.1 Å². The summed E-state index contributed by atoms with van der Waals surface area (Å²) in [7, 11) is -6.21. The zero-order valence-corrected chi connectivity index (χ0v) is 27.0. The van der Waals surface area contributed by atoms with Crippen molar-refractivity contribution in [2.24, 2.45) is 0 Å². The monoisotopic (exact) mass is 629 g/mol. The van der Waals surface area contributed by atoms with Gasteiger partial charge in [0.05, 0.1) is 10.9 Å². The fourth-order valence-electron chi connectivity index (χ4n) is 3.46. The molecule has 0 aliphatic heterocycles. The Morgan fingerprint density at radius 3 is 1.00 bits per heavy atom. The van der Waals surface area contributed by atoms with E-state index in [2.05, 4.69) is 117 Å². The molecule has 42 heavy (non-hydrogen) atoms. The fourth-order valence-corrected chi connectivity index (χ4v) is 5.63. The number of benzene rings is 3. The van der Waals surface area contributed by atoms with Gasteiger partial charge in [-0.1, -0.05) is 18.2 Å². The molecule has 6 nitrogen and oxygen atoms in total. The van der Waals surface area contributed by atoms with E-state index in [9.17, 15) is 13.2 Å². The fraction of sp³-hybridized carbons (Fsp3) is 0.419. The summed E-state index contributed by atoms with van der Waals surface area (Å²) in [6.45, 7) is 18.6. The predicted octanol–water partition coefficient (Wildman–Crippen LogP) is 8.71. The first-order chi connectivity index (χ1) is 18.9. The zero-order chi connectivity index (χ0) is 32.1. The van der Waals surface area contributed by atoms with Gasteiger partial charge in [-0.3, -0.25) is 4.55 Å². The van der Waals surface area contributed by atoms with E-state index in [1.165, 1.54) is 14.7 Å². The average molecular weight is 630 g/mol. The average Bonchev–Trinajstić information content (AvgIpc) is 2.76. The van der Waals surface area contributed by atoms with Crippen molar-refractivity contribution in [3.63, 3.8) is 0 Å². The molecule has 0 radical (unpaired) electrons. The SMILES string of the molecule is CC(C)(C)Oc1cccc([S+](c2cccc(OC(C)(C)C)c2)c2cccc(OC(C)(C)C)c2)c1.O=S(=O)(O)C(F)(F)F. The molecular weight excluding hydrogens is 589 g/mol. The largest absolute Gasteiger partial charge is 0.522 e. The summed E-state index contributed by atoms with van der Waals surface area (Å²) in [5, 5.41) is 0. The molecule has 0 aromatic heterocycles. The Morgan fingerprint density at radius 1 is 0.571 bits per heavy atom. The third-order valence-electron chi connectivity index (χ3n) is 4.69. The molecule has 0 spiro atoms. The summed E-state index contributed by atoms with van der Waals surface area (Å²) >= 11 is 0. The number of rotatable bonds is 6. The smallest absolute Gasteiger partial charge is 0.488 e. The molecule has 0 aliphatic carbocycles. The van der Waals surface area contributed by atoms with Crippen molar-refractivity contribution in [2.45, 2.75) is 99.3 Å². The molecule has 3 rings (SSSR count). The lowest BCUT2D eigenvalue weighted by Gasteiger charge is -2.22. The summed E-state index contributed by atoms with van der Waals surface area (Å²) in [6.07, 6.45) is 0. The molecule has 0 amide bonds. The second-order valence-electron chi connectivity index (χ2n) is 12.3. The van der Waals surface area contributed by atoms with E-state index in [0.29, 0.717) is 0 Å². The van der Waals surface area contributed by atoms with Crippen molar-refractivity contribution in [2.75, 3.05) is 0 Å². The molecule has 0 heterocycles. The minimum Gasteiger partial charge on any atom is -0.488 e. The van der Waals surface area contributed by atoms with E-state index >= 15 is 0 Å². The van der Waals surface area contributed by atoms with Crippen molar-refractivity contribution in [1.82, 2.24) is 0 Å². The van der Waals surface area contributed by atoms with Crippen molar-refractivity contribution in [1.29, 1.82) is 0 Å². The van der Waals surface area contributed by atoms with Crippen LogP contribution in [0.2, 0.25) is 0 Å².